The van der Waals surface area contributed by atoms with Crippen LogP contribution in [0.15, 0.2) is 24.4 Å². The zero-order valence-electron chi connectivity index (χ0n) is 17.4. The molecule has 1 N–H and O–H groups in total. The number of hydrogen-bond donors (Lipinski definition) is 1. The van der Waals surface area contributed by atoms with E-state index in [4.69, 9.17) is 14.5 Å². The summed E-state index contributed by atoms with van der Waals surface area (Å²) < 4.78 is 24.5. The van der Waals surface area contributed by atoms with Gasteiger partial charge in [-0.1, -0.05) is 19.9 Å². The molecule has 4 rings (SSSR count). The lowest BCUT2D eigenvalue weighted by molar-refractivity contribution is 0.122. The fraction of sp³-hybridized carbons (Fsp3) is 0.545. The van der Waals surface area contributed by atoms with Gasteiger partial charge in [0.25, 0.3) is 0 Å². The maximum absolute atomic E-state index is 14.0. The van der Waals surface area contributed by atoms with Crippen molar-refractivity contribution < 1.29 is 13.9 Å². The predicted molar refractivity (Wildman–Crippen MR) is 110 cm³/mol. The van der Waals surface area contributed by atoms with Crippen LogP contribution in [0.4, 0.5) is 10.3 Å². The molecule has 156 valence electrons. The van der Waals surface area contributed by atoms with E-state index < -0.39 is 0 Å². The Morgan fingerprint density at radius 2 is 2.10 bits per heavy atom. The maximum Gasteiger partial charge on any atom is 0.225 e. The number of methoxy groups -OCH3 is 1. The second kappa shape index (κ2) is 8.24. The number of fused-ring (bicyclic) bond motifs is 1. The molecule has 1 aromatic heterocycles. The number of nitrogens with one attached hydrogen (secondary N) is 1. The number of hydrogen-bond acceptors (Lipinski definition) is 6. The van der Waals surface area contributed by atoms with Crippen LogP contribution in [-0.2, 0) is 17.7 Å². The van der Waals surface area contributed by atoms with Gasteiger partial charge in [0.05, 0.1) is 26.0 Å². The highest BCUT2D eigenvalue weighted by Crippen LogP contribution is 2.40. The summed E-state index contributed by atoms with van der Waals surface area (Å²) in [5.74, 6) is 0.720. The van der Waals surface area contributed by atoms with Crippen molar-refractivity contribution in [2.24, 2.45) is 5.41 Å². The first-order chi connectivity index (χ1) is 13.9. The van der Waals surface area contributed by atoms with E-state index in [9.17, 15) is 4.39 Å². The van der Waals surface area contributed by atoms with Gasteiger partial charge in [-0.15, -0.1) is 0 Å². The third kappa shape index (κ3) is 4.51. The molecule has 2 aromatic rings. The molecule has 29 heavy (non-hydrogen) atoms. The minimum Gasteiger partial charge on any atom is -0.494 e. The van der Waals surface area contributed by atoms with Crippen molar-refractivity contribution in [1.82, 2.24) is 15.3 Å². The summed E-state index contributed by atoms with van der Waals surface area (Å²) in [6, 6.07) is 5.22. The lowest BCUT2D eigenvalue weighted by atomic mass is 9.74. The number of benzene rings is 1. The molecule has 0 saturated carbocycles. The molecule has 1 aliphatic heterocycles. The molecule has 0 spiro atoms. The number of anilines is 1. The van der Waals surface area contributed by atoms with Crippen molar-refractivity contribution in [2.45, 2.75) is 39.3 Å². The summed E-state index contributed by atoms with van der Waals surface area (Å²) in [4.78, 5) is 11.8. The van der Waals surface area contributed by atoms with Crippen molar-refractivity contribution in [3.05, 3.63) is 47.0 Å². The molecule has 0 amide bonds. The number of ether oxygens (including phenoxy) is 2. The molecular weight excluding hydrogens is 371 g/mol. The van der Waals surface area contributed by atoms with Gasteiger partial charge in [0.1, 0.15) is 0 Å². The van der Waals surface area contributed by atoms with Crippen LogP contribution < -0.4 is 15.0 Å². The lowest BCUT2D eigenvalue weighted by Gasteiger charge is -2.37. The van der Waals surface area contributed by atoms with Crippen molar-refractivity contribution in [3.63, 3.8) is 0 Å². The molecule has 1 aromatic carbocycles. The van der Waals surface area contributed by atoms with Gasteiger partial charge in [-0.25, -0.2) is 14.4 Å². The fourth-order valence-corrected chi connectivity index (χ4v) is 4.20. The maximum atomic E-state index is 14.0. The van der Waals surface area contributed by atoms with Crippen molar-refractivity contribution >= 4 is 5.95 Å². The fourth-order valence-electron chi connectivity index (χ4n) is 4.20. The van der Waals surface area contributed by atoms with Gasteiger partial charge in [0, 0.05) is 37.4 Å². The topological polar surface area (TPSA) is 59.5 Å². The summed E-state index contributed by atoms with van der Waals surface area (Å²) >= 11 is 0. The summed E-state index contributed by atoms with van der Waals surface area (Å²) in [6.45, 7) is 8.21. The molecule has 1 atom stereocenters. The molecule has 2 heterocycles. The summed E-state index contributed by atoms with van der Waals surface area (Å²) in [5.41, 5.74) is 3.28. The normalized spacial score (nSPS) is 21.0. The van der Waals surface area contributed by atoms with Crippen LogP contribution in [0.2, 0.25) is 0 Å². The molecule has 1 aliphatic carbocycles. The Morgan fingerprint density at radius 3 is 2.83 bits per heavy atom. The highest BCUT2D eigenvalue weighted by molar-refractivity contribution is 5.37. The first-order valence-corrected chi connectivity index (χ1v) is 10.2. The van der Waals surface area contributed by atoms with E-state index in [-0.39, 0.29) is 23.0 Å². The molecule has 0 bridgehead atoms. The number of aromatic nitrogens is 2. The summed E-state index contributed by atoms with van der Waals surface area (Å²) in [5, 5.41) is 3.59. The number of nitrogens with zero attached hydrogens (tertiary/aromatic N) is 3. The van der Waals surface area contributed by atoms with Gasteiger partial charge in [0.2, 0.25) is 5.95 Å². The Kier molecular flexibility index (Phi) is 5.69. The predicted octanol–water partition coefficient (Wildman–Crippen LogP) is 3.26. The highest BCUT2D eigenvalue weighted by atomic mass is 19.1. The molecule has 1 unspecified atom stereocenters. The van der Waals surface area contributed by atoms with Crippen molar-refractivity contribution in [3.8, 4) is 5.75 Å². The SMILES string of the molecule is COc1ccc(CNC2CC(C)(C)Cc3nc(N4CCOCC4)ncc32)cc1F. The van der Waals surface area contributed by atoms with Crippen molar-refractivity contribution in [2.75, 3.05) is 38.3 Å². The second-order valence-electron chi connectivity index (χ2n) is 8.62. The zero-order valence-corrected chi connectivity index (χ0v) is 17.4. The Morgan fingerprint density at radius 1 is 1.31 bits per heavy atom. The molecule has 1 fully saturated rings. The summed E-state index contributed by atoms with van der Waals surface area (Å²) in [7, 11) is 1.47. The van der Waals surface area contributed by atoms with Crippen LogP contribution in [0.5, 0.6) is 5.75 Å². The first-order valence-electron chi connectivity index (χ1n) is 10.2. The van der Waals surface area contributed by atoms with E-state index in [1.807, 2.05) is 12.3 Å². The smallest absolute Gasteiger partial charge is 0.225 e. The van der Waals surface area contributed by atoms with E-state index in [2.05, 4.69) is 29.0 Å². The van der Waals surface area contributed by atoms with Crippen LogP contribution >= 0.6 is 0 Å². The molecule has 7 heteroatoms. The Balaban J connectivity index is 1.53. The molecule has 2 aliphatic rings. The zero-order chi connectivity index (χ0) is 20.4. The van der Waals surface area contributed by atoms with Crippen LogP contribution in [0.3, 0.4) is 0 Å². The average molecular weight is 400 g/mol. The molecule has 0 radical (unpaired) electrons. The van der Waals surface area contributed by atoms with Crippen LogP contribution in [0.1, 0.15) is 43.1 Å². The molecular formula is C22H29FN4O2. The minimum absolute atomic E-state index is 0.131. The third-order valence-electron chi connectivity index (χ3n) is 5.73. The summed E-state index contributed by atoms with van der Waals surface area (Å²) in [6.07, 6.45) is 3.88. The Labute approximate surface area is 171 Å². The molecule has 6 nitrogen and oxygen atoms in total. The van der Waals surface area contributed by atoms with Gasteiger partial charge < -0.3 is 19.7 Å². The second-order valence-corrected chi connectivity index (χ2v) is 8.62. The van der Waals surface area contributed by atoms with Crippen LogP contribution in [0.25, 0.3) is 0 Å². The number of morpholine rings is 1. The quantitative estimate of drug-likeness (QED) is 0.831. The molecule has 1 saturated heterocycles. The van der Waals surface area contributed by atoms with Gasteiger partial charge >= 0.3 is 0 Å². The van der Waals surface area contributed by atoms with E-state index in [0.29, 0.717) is 19.8 Å². The van der Waals surface area contributed by atoms with Crippen molar-refractivity contribution in [1.29, 1.82) is 0 Å². The standard InChI is InChI=1S/C22H29FN4O2/c1-22(2)11-18(24-13-15-4-5-20(28-3)17(23)10-15)16-14-25-21(26-19(16)12-22)27-6-8-29-9-7-27/h4-5,10,14,18,24H,6-9,11-13H2,1-3H3. The van der Waals surface area contributed by atoms with E-state index in [0.717, 1.165) is 48.7 Å². The number of halogens is 1. The largest absolute Gasteiger partial charge is 0.494 e. The van der Waals surface area contributed by atoms with Gasteiger partial charge in [-0.2, -0.15) is 0 Å². The van der Waals surface area contributed by atoms with Gasteiger partial charge in [-0.3, -0.25) is 0 Å². The minimum atomic E-state index is -0.338. The third-order valence-corrected chi connectivity index (χ3v) is 5.73. The highest BCUT2D eigenvalue weighted by Gasteiger charge is 2.34. The Hall–Kier alpha value is -2.25. The first kappa shape index (κ1) is 20.0. The monoisotopic (exact) mass is 400 g/mol. The van der Waals surface area contributed by atoms with E-state index in [1.54, 1.807) is 6.07 Å². The number of rotatable bonds is 5. The van der Waals surface area contributed by atoms with Crippen LogP contribution in [-0.4, -0.2) is 43.4 Å². The van der Waals surface area contributed by atoms with E-state index >= 15 is 0 Å². The van der Waals surface area contributed by atoms with Crippen LogP contribution in [0, 0.1) is 11.2 Å². The van der Waals surface area contributed by atoms with Gasteiger partial charge in [-0.05, 0) is 36.0 Å². The van der Waals surface area contributed by atoms with Gasteiger partial charge in [0.15, 0.2) is 11.6 Å². The average Bonchev–Trinajstić information content (AvgIpc) is 2.71. The Bertz CT molecular complexity index is 868. The van der Waals surface area contributed by atoms with E-state index in [1.165, 1.54) is 13.2 Å². The lowest BCUT2D eigenvalue weighted by Crippen LogP contribution is -2.39.